The summed E-state index contributed by atoms with van der Waals surface area (Å²) in [6, 6.07) is 11.9. The molecule has 0 saturated carbocycles. The number of carbonyl (C=O) groups excluding carboxylic acids is 1. The second kappa shape index (κ2) is 5.65. The number of hydrogen-bond acceptors (Lipinski definition) is 4. The molecule has 4 nitrogen and oxygen atoms in total. The van der Waals surface area contributed by atoms with Crippen molar-refractivity contribution in [2.75, 3.05) is 11.5 Å². The average molecular weight is 270 g/mol. The van der Waals surface area contributed by atoms with Gasteiger partial charge in [-0.15, -0.1) is 0 Å². The molecule has 0 bridgehead atoms. The van der Waals surface area contributed by atoms with E-state index in [0.717, 1.165) is 5.75 Å². The molecule has 0 spiro atoms. The largest absolute Gasteiger partial charge is 0.491 e. The number of rotatable bonds is 4. The molecular formula is C16H18N2O2. The maximum Gasteiger partial charge on any atom is 0.193 e. The fourth-order valence-electron chi connectivity index (χ4n) is 1.93. The minimum Gasteiger partial charge on any atom is -0.491 e. The molecule has 0 aliphatic rings. The van der Waals surface area contributed by atoms with Crippen LogP contribution in [0, 0.1) is 0 Å². The van der Waals surface area contributed by atoms with Crippen LogP contribution in [0.2, 0.25) is 0 Å². The van der Waals surface area contributed by atoms with Gasteiger partial charge in [-0.25, -0.2) is 0 Å². The summed E-state index contributed by atoms with van der Waals surface area (Å²) < 4.78 is 5.54. The van der Waals surface area contributed by atoms with Crippen LogP contribution in [0.4, 0.5) is 11.4 Å². The predicted molar refractivity (Wildman–Crippen MR) is 80.9 cm³/mol. The number of carbonyl (C=O) groups is 1. The van der Waals surface area contributed by atoms with Crippen molar-refractivity contribution in [1.82, 2.24) is 0 Å². The first-order valence-corrected chi connectivity index (χ1v) is 6.43. The van der Waals surface area contributed by atoms with E-state index in [-0.39, 0.29) is 11.9 Å². The summed E-state index contributed by atoms with van der Waals surface area (Å²) in [5.74, 6) is 0.628. The Hall–Kier alpha value is -2.49. The molecule has 2 aromatic carbocycles. The maximum absolute atomic E-state index is 12.3. The molecule has 0 aromatic heterocycles. The lowest BCUT2D eigenvalue weighted by Gasteiger charge is -2.10. The van der Waals surface area contributed by atoms with E-state index in [0.29, 0.717) is 22.5 Å². The Bertz CT molecular complexity index is 599. The lowest BCUT2D eigenvalue weighted by Crippen LogP contribution is -2.06. The van der Waals surface area contributed by atoms with Crippen molar-refractivity contribution in [2.24, 2.45) is 0 Å². The molecule has 2 aromatic rings. The van der Waals surface area contributed by atoms with Crippen LogP contribution < -0.4 is 16.2 Å². The van der Waals surface area contributed by atoms with Gasteiger partial charge in [0.2, 0.25) is 0 Å². The zero-order chi connectivity index (χ0) is 14.7. The third-order valence-corrected chi connectivity index (χ3v) is 2.73. The van der Waals surface area contributed by atoms with Gasteiger partial charge in [-0.05, 0) is 56.3 Å². The molecule has 0 atom stereocenters. The highest BCUT2D eigenvalue weighted by molar-refractivity contribution is 6.09. The third-order valence-electron chi connectivity index (χ3n) is 2.73. The van der Waals surface area contributed by atoms with Gasteiger partial charge in [0.15, 0.2) is 5.78 Å². The summed E-state index contributed by atoms with van der Waals surface area (Å²) in [6.07, 6.45) is 0.102. The van der Waals surface area contributed by atoms with Crippen LogP contribution in [0.15, 0.2) is 42.5 Å². The van der Waals surface area contributed by atoms with Gasteiger partial charge < -0.3 is 16.2 Å². The molecule has 0 fully saturated rings. The number of anilines is 2. The van der Waals surface area contributed by atoms with E-state index in [4.69, 9.17) is 16.2 Å². The molecule has 0 radical (unpaired) electrons. The number of benzene rings is 2. The number of nitrogens with two attached hydrogens (primary N) is 2. The van der Waals surface area contributed by atoms with Gasteiger partial charge in [-0.2, -0.15) is 0 Å². The van der Waals surface area contributed by atoms with Crippen molar-refractivity contribution < 1.29 is 9.53 Å². The molecule has 0 saturated heterocycles. The van der Waals surface area contributed by atoms with Crippen molar-refractivity contribution >= 4 is 17.2 Å². The van der Waals surface area contributed by atoms with Gasteiger partial charge in [0.05, 0.1) is 6.10 Å². The van der Waals surface area contributed by atoms with Gasteiger partial charge in [0.1, 0.15) is 5.75 Å². The molecule has 0 heterocycles. The standard InChI is InChI=1S/C16H18N2O2/c1-10(2)20-15-5-3-11(4-6-15)16(19)12-7-13(17)9-14(18)8-12/h3-10H,17-18H2,1-2H3. The van der Waals surface area contributed by atoms with Crippen LogP contribution in [0.3, 0.4) is 0 Å². The first-order chi connectivity index (χ1) is 9.45. The van der Waals surface area contributed by atoms with Crippen molar-refractivity contribution in [3.8, 4) is 5.75 Å². The molecule has 104 valence electrons. The van der Waals surface area contributed by atoms with E-state index in [9.17, 15) is 4.79 Å². The highest BCUT2D eigenvalue weighted by Gasteiger charge is 2.10. The van der Waals surface area contributed by atoms with Gasteiger partial charge in [-0.3, -0.25) is 4.79 Å². The summed E-state index contributed by atoms with van der Waals surface area (Å²) in [6.45, 7) is 3.91. The van der Waals surface area contributed by atoms with Crippen LogP contribution in [-0.2, 0) is 0 Å². The van der Waals surface area contributed by atoms with Crippen LogP contribution in [0.25, 0.3) is 0 Å². The minimum absolute atomic E-state index is 0.102. The van der Waals surface area contributed by atoms with Gasteiger partial charge in [-0.1, -0.05) is 0 Å². The van der Waals surface area contributed by atoms with Crippen molar-refractivity contribution in [1.29, 1.82) is 0 Å². The van der Waals surface area contributed by atoms with Crippen LogP contribution >= 0.6 is 0 Å². The molecular weight excluding hydrogens is 252 g/mol. The number of ketones is 1. The molecule has 2 rings (SSSR count). The Kier molecular flexibility index (Phi) is 3.94. The van der Waals surface area contributed by atoms with E-state index in [1.54, 1.807) is 42.5 Å². The summed E-state index contributed by atoms with van der Waals surface area (Å²) >= 11 is 0. The lowest BCUT2D eigenvalue weighted by atomic mass is 10.0. The smallest absolute Gasteiger partial charge is 0.193 e. The Morgan fingerprint density at radius 1 is 0.950 bits per heavy atom. The zero-order valence-electron chi connectivity index (χ0n) is 11.6. The van der Waals surface area contributed by atoms with E-state index >= 15 is 0 Å². The summed E-state index contributed by atoms with van der Waals surface area (Å²) in [5, 5.41) is 0. The van der Waals surface area contributed by atoms with Gasteiger partial charge in [0, 0.05) is 22.5 Å². The summed E-state index contributed by atoms with van der Waals surface area (Å²) in [4.78, 5) is 12.3. The quantitative estimate of drug-likeness (QED) is 0.661. The van der Waals surface area contributed by atoms with Crippen molar-refractivity contribution in [3.05, 3.63) is 53.6 Å². The fourth-order valence-corrected chi connectivity index (χ4v) is 1.93. The Morgan fingerprint density at radius 2 is 1.50 bits per heavy atom. The fraction of sp³-hybridized carbons (Fsp3) is 0.188. The average Bonchev–Trinajstić information content (AvgIpc) is 2.37. The van der Waals surface area contributed by atoms with E-state index < -0.39 is 0 Å². The molecule has 0 aliphatic heterocycles. The topological polar surface area (TPSA) is 78.3 Å². The van der Waals surface area contributed by atoms with Gasteiger partial charge in [0.25, 0.3) is 0 Å². The molecule has 4 heteroatoms. The van der Waals surface area contributed by atoms with Crippen LogP contribution in [0.5, 0.6) is 5.75 Å². The molecule has 20 heavy (non-hydrogen) atoms. The number of hydrogen-bond donors (Lipinski definition) is 2. The number of ether oxygens (including phenoxy) is 1. The Labute approximate surface area is 118 Å². The summed E-state index contributed by atoms with van der Waals surface area (Å²) in [5.41, 5.74) is 13.4. The Morgan fingerprint density at radius 3 is 2.00 bits per heavy atom. The van der Waals surface area contributed by atoms with Crippen LogP contribution in [0.1, 0.15) is 29.8 Å². The monoisotopic (exact) mass is 270 g/mol. The predicted octanol–water partition coefficient (Wildman–Crippen LogP) is 2.87. The highest BCUT2D eigenvalue weighted by atomic mass is 16.5. The molecule has 0 amide bonds. The van der Waals surface area contributed by atoms with Crippen molar-refractivity contribution in [3.63, 3.8) is 0 Å². The lowest BCUT2D eigenvalue weighted by molar-refractivity contribution is 0.103. The second-order valence-electron chi connectivity index (χ2n) is 4.91. The van der Waals surface area contributed by atoms with Crippen LogP contribution in [-0.4, -0.2) is 11.9 Å². The normalized spacial score (nSPS) is 10.6. The SMILES string of the molecule is CC(C)Oc1ccc(C(=O)c2cc(N)cc(N)c2)cc1. The van der Waals surface area contributed by atoms with E-state index in [2.05, 4.69) is 0 Å². The minimum atomic E-state index is -0.111. The molecule has 0 aliphatic carbocycles. The van der Waals surface area contributed by atoms with E-state index in [1.165, 1.54) is 0 Å². The Balaban J connectivity index is 2.24. The summed E-state index contributed by atoms with van der Waals surface area (Å²) in [7, 11) is 0. The third kappa shape index (κ3) is 3.29. The molecule has 4 N–H and O–H groups in total. The maximum atomic E-state index is 12.3. The number of nitrogen functional groups attached to an aromatic ring is 2. The second-order valence-corrected chi connectivity index (χ2v) is 4.91. The van der Waals surface area contributed by atoms with E-state index in [1.807, 2.05) is 13.8 Å². The molecule has 0 unspecified atom stereocenters. The van der Waals surface area contributed by atoms with Crippen molar-refractivity contribution in [2.45, 2.75) is 20.0 Å². The van der Waals surface area contributed by atoms with Gasteiger partial charge >= 0.3 is 0 Å². The first kappa shape index (κ1) is 13.9. The zero-order valence-corrected chi connectivity index (χ0v) is 11.6. The first-order valence-electron chi connectivity index (χ1n) is 6.43. The highest BCUT2D eigenvalue weighted by Crippen LogP contribution is 2.19.